The summed E-state index contributed by atoms with van der Waals surface area (Å²) >= 11 is 0. The molecule has 2 saturated carbocycles. The molecule has 0 spiro atoms. The van der Waals surface area contributed by atoms with Crippen LogP contribution < -0.4 is 0 Å². The van der Waals surface area contributed by atoms with Gasteiger partial charge in [-0.3, -0.25) is 0 Å². The van der Waals surface area contributed by atoms with Crippen molar-refractivity contribution in [1.29, 1.82) is 0 Å². The summed E-state index contributed by atoms with van der Waals surface area (Å²) in [5.74, 6) is 0.0325. The first-order valence-corrected chi connectivity index (χ1v) is 14.5. The van der Waals surface area contributed by atoms with Crippen LogP contribution in [0.15, 0.2) is 48.6 Å². The number of halogens is 7. The minimum absolute atomic E-state index is 0.00187. The maximum Gasteiger partial charge on any atom is 0.383 e. The zero-order valence-corrected chi connectivity index (χ0v) is 23.5. The van der Waals surface area contributed by atoms with Gasteiger partial charge in [-0.2, -0.15) is 17.6 Å². The zero-order valence-electron chi connectivity index (χ0n) is 23.5. The molecule has 0 amide bonds. The third-order valence-electron chi connectivity index (χ3n) is 7.91. The van der Waals surface area contributed by atoms with Gasteiger partial charge in [0, 0.05) is 11.5 Å². The molecule has 2 aromatic rings. The Morgan fingerprint density at radius 1 is 0.786 bits per heavy atom. The summed E-state index contributed by atoms with van der Waals surface area (Å²) in [7, 11) is 0. The van der Waals surface area contributed by atoms with Gasteiger partial charge in [-0.05, 0) is 81.9 Å². The molecule has 9 heteroatoms. The predicted molar refractivity (Wildman–Crippen MR) is 145 cm³/mol. The minimum Gasteiger partial charge on any atom is -0.317 e. The smallest absolute Gasteiger partial charge is 0.317 e. The zero-order chi connectivity index (χ0) is 30.3. The quantitative estimate of drug-likeness (QED) is 0.124. The van der Waals surface area contributed by atoms with E-state index in [4.69, 9.17) is 9.47 Å². The molecule has 0 aliphatic heterocycles. The summed E-state index contributed by atoms with van der Waals surface area (Å²) in [6.45, 7) is 2.01. The van der Waals surface area contributed by atoms with Crippen LogP contribution in [0.3, 0.4) is 0 Å². The normalized spacial score (nSPS) is 23.5. The summed E-state index contributed by atoms with van der Waals surface area (Å²) in [4.78, 5) is 0. The Kier molecular flexibility index (Phi) is 10.8. The van der Waals surface area contributed by atoms with Crippen LogP contribution in [0.1, 0.15) is 81.4 Å². The summed E-state index contributed by atoms with van der Waals surface area (Å²) in [5, 5.41) is 0. The van der Waals surface area contributed by atoms with Crippen LogP contribution in [-0.2, 0) is 22.0 Å². The fourth-order valence-corrected chi connectivity index (χ4v) is 5.47. The summed E-state index contributed by atoms with van der Waals surface area (Å²) in [5.41, 5.74) is 0.641. The number of allylic oxidation sites excluding steroid dienone is 2. The Morgan fingerprint density at radius 3 is 1.95 bits per heavy atom. The average molecular weight is 597 g/mol. The number of hydrogen-bond donors (Lipinski definition) is 0. The molecular formula is C33H35F7O2. The largest absolute Gasteiger partial charge is 0.383 e. The van der Waals surface area contributed by atoms with E-state index in [0.717, 1.165) is 24.1 Å². The van der Waals surface area contributed by atoms with E-state index < -0.39 is 47.8 Å². The van der Waals surface area contributed by atoms with E-state index in [0.29, 0.717) is 32.1 Å². The van der Waals surface area contributed by atoms with Crippen molar-refractivity contribution >= 4 is 0 Å². The molecule has 2 fully saturated rings. The SMILES string of the molecule is CC/C=C\Cc1ccc(C(F)(F)OC2CCC(C(F)(F)OC3CCC(C#Cc4cc(F)c(F)c(F)c4)CC3)CC2)cc1. The van der Waals surface area contributed by atoms with Crippen molar-refractivity contribution < 1.29 is 40.2 Å². The molecule has 0 bridgehead atoms. The molecule has 2 aliphatic carbocycles. The molecule has 4 rings (SSSR count). The van der Waals surface area contributed by atoms with Gasteiger partial charge in [0.15, 0.2) is 17.5 Å². The highest BCUT2D eigenvalue weighted by molar-refractivity contribution is 5.36. The van der Waals surface area contributed by atoms with Gasteiger partial charge >= 0.3 is 12.2 Å². The minimum atomic E-state index is -3.52. The van der Waals surface area contributed by atoms with Gasteiger partial charge in [-0.25, -0.2) is 13.2 Å². The molecule has 0 heterocycles. The molecule has 0 radical (unpaired) electrons. The first-order valence-electron chi connectivity index (χ1n) is 14.5. The van der Waals surface area contributed by atoms with Crippen LogP contribution in [0.4, 0.5) is 30.7 Å². The van der Waals surface area contributed by atoms with E-state index >= 15 is 8.78 Å². The Bertz CT molecular complexity index is 1240. The fraction of sp³-hybridized carbons (Fsp3) is 0.515. The van der Waals surface area contributed by atoms with E-state index in [2.05, 4.69) is 11.8 Å². The number of hydrogen-bond acceptors (Lipinski definition) is 2. The molecule has 2 aromatic carbocycles. The number of rotatable bonds is 9. The van der Waals surface area contributed by atoms with Gasteiger partial charge in [0.1, 0.15) is 0 Å². The van der Waals surface area contributed by atoms with Crippen molar-refractivity contribution in [1.82, 2.24) is 0 Å². The van der Waals surface area contributed by atoms with Gasteiger partial charge in [0.2, 0.25) is 0 Å². The van der Waals surface area contributed by atoms with Crippen molar-refractivity contribution in [3.63, 3.8) is 0 Å². The predicted octanol–water partition coefficient (Wildman–Crippen LogP) is 9.46. The Morgan fingerprint density at radius 2 is 1.36 bits per heavy atom. The first-order chi connectivity index (χ1) is 20.0. The van der Waals surface area contributed by atoms with Crippen molar-refractivity contribution in [2.24, 2.45) is 11.8 Å². The number of ether oxygens (including phenoxy) is 2. The average Bonchev–Trinajstić information content (AvgIpc) is 2.96. The second kappa shape index (κ2) is 14.1. The van der Waals surface area contributed by atoms with E-state index in [1.54, 1.807) is 12.1 Å². The Balaban J connectivity index is 1.22. The van der Waals surface area contributed by atoms with E-state index in [1.807, 2.05) is 19.1 Å². The lowest BCUT2D eigenvalue weighted by Gasteiger charge is -2.37. The van der Waals surface area contributed by atoms with Gasteiger partial charge in [0.05, 0.1) is 23.7 Å². The van der Waals surface area contributed by atoms with Crippen LogP contribution >= 0.6 is 0 Å². The van der Waals surface area contributed by atoms with E-state index in [-0.39, 0.29) is 42.7 Å². The second-order valence-electron chi connectivity index (χ2n) is 11.1. The molecule has 0 atom stereocenters. The molecule has 42 heavy (non-hydrogen) atoms. The maximum absolute atomic E-state index is 15.0. The van der Waals surface area contributed by atoms with Crippen molar-refractivity contribution in [2.45, 2.75) is 95.6 Å². The lowest BCUT2D eigenvalue weighted by molar-refractivity contribution is -0.311. The van der Waals surface area contributed by atoms with Crippen LogP contribution in [0, 0.1) is 41.1 Å². The molecule has 0 saturated heterocycles. The monoisotopic (exact) mass is 596 g/mol. The van der Waals surface area contributed by atoms with Crippen molar-refractivity contribution in [2.75, 3.05) is 0 Å². The third kappa shape index (κ3) is 8.61. The maximum atomic E-state index is 15.0. The molecule has 0 N–H and O–H groups in total. The summed E-state index contributed by atoms with van der Waals surface area (Å²) in [6, 6.07) is 7.57. The molecule has 228 valence electrons. The molecule has 0 aromatic heterocycles. The highest BCUT2D eigenvalue weighted by atomic mass is 19.3. The van der Waals surface area contributed by atoms with Gasteiger partial charge < -0.3 is 9.47 Å². The second-order valence-corrected chi connectivity index (χ2v) is 11.1. The van der Waals surface area contributed by atoms with E-state index in [1.165, 1.54) is 12.1 Å². The van der Waals surface area contributed by atoms with Crippen molar-refractivity contribution in [3.05, 3.63) is 82.7 Å². The standard InChI is InChI=1S/C33H35F7O2/c1-2-3-4-5-22-8-12-25(13-9-22)32(37,38)42-28-18-14-26(15-19-28)33(39,40)41-27-16-10-23(11-17-27)6-7-24-20-29(34)31(36)30(35)21-24/h3-4,8-9,12-13,20-21,23,26-28H,2,5,10-11,14-19H2,1H3/b4-3-. The third-order valence-corrected chi connectivity index (χ3v) is 7.91. The lowest BCUT2D eigenvalue weighted by Crippen LogP contribution is -2.40. The first kappa shape index (κ1) is 32.1. The van der Waals surface area contributed by atoms with Gasteiger partial charge in [-0.1, -0.05) is 55.2 Å². The number of alkyl halides is 4. The van der Waals surface area contributed by atoms with Crippen LogP contribution in [-0.4, -0.2) is 18.3 Å². The molecular weight excluding hydrogens is 561 g/mol. The van der Waals surface area contributed by atoms with E-state index in [9.17, 15) is 22.0 Å². The summed E-state index contributed by atoms with van der Waals surface area (Å²) < 4.78 is 110. The Hall–Kier alpha value is -2.83. The highest BCUT2D eigenvalue weighted by Crippen LogP contribution is 2.43. The van der Waals surface area contributed by atoms with Gasteiger partial charge in [0.25, 0.3) is 0 Å². The summed E-state index contributed by atoms with van der Waals surface area (Å²) in [6.07, 6.45) is -1.15. The topological polar surface area (TPSA) is 18.5 Å². The number of benzene rings is 2. The van der Waals surface area contributed by atoms with Crippen LogP contribution in [0.2, 0.25) is 0 Å². The molecule has 2 aliphatic rings. The molecule has 2 nitrogen and oxygen atoms in total. The van der Waals surface area contributed by atoms with Gasteiger partial charge in [-0.15, -0.1) is 0 Å². The lowest BCUT2D eigenvalue weighted by atomic mass is 9.85. The van der Waals surface area contributed by atoms with Crippen molar-refractivity contribution in [3.8, 4) is 11.8 Å². The highest BCUT2D eigenvalue weighted by Gasteiger charge is 2.46. The fourth-order valence-electron chi connectivity index (χ4n) is 5.47. The Labute approximate surface area is 242 Å². The molecule has 0 unspecified atom stereocenters. The van der Waals surface area contributed by atoms with Crippen LogP contribution in [0.5, 0.6) is 0 Å². The van der Waals surface area contributed by atoms with Crippen LogP contribution in [0.25, 0.3) is 0 Å².